The maximum atomic E-state index is 13.6. The van der Waals surface area contributed by atoms with Gasteiger partial charge in [-0.3, -0.25) is 13.9 Å². The number of fused-ring (bicyclic) bond motifs is 1. The SMILES string of the molecule is COc1ccccc1C(=O)Nc1cc2c(cc1S(=O)(=O)C1CCCCC1)n(C)c(=O)n2C. The Balaban J connectivity index is 1.88. The highest BCUT2D eigenvalue weighted by atomic mass is 32.2. The summed E-state index contributed by atoms with van der Waals surface area (Å²) in [5, 5.41) is 2.27. The van der Waals surface area contributed by atoms with Gasteiger partial charge in [0.2, 0.25) is 0 Å². The van der Waals surface area contributed by atoms with Crippen molar-refractivity contribution in [1.29, 1.82) is 0 Å². The summed E-state index contributed by atoms with van der Waals surface area (Å²) < 4.78 is 35.4. The Hall–Kier alpha value is -3.07. The van der Waals surface area contributed by atoms with Gasteiger partial charge in [-0.15, -0.1) is 0 Å². The number of nitrogens with one attached hydrogen (secondary N) is 1. The Morgan fingerprint density at radius 1 is 1.03 bits per heavy atom. The lowest BCUT2D eigenvalue weighted by atomic mass is 10.0. The van der Waals surface area contributed by atoms with Crippen LogP contribution in [0.3, 0.4) is 0 Å². The highest BCUT2D eigenvalue weighted by molar-refractivity contribution is 7.92. The molecule has 0 unspecified atom stereocenters. The molecule has 1 saturated carbocycles. The van der Waals surface area contributed by atoms with Crippen molar-refractivity contribution in [2.75, 3.05) is 12.4 Å². The van der Waals surface area contributed by atoms with E-state index in [1.807, 2.05) is 0 Å². The topological polar surface area (TPSA) is 99.4 Å². The van der Waals surface area contributed by atoms with Crippen molar-refractivity contribution < 1.29 is 17.9 Å². The predicted octanol–water partition coefficient (Wildman–Crippen LogP) is 3.24. The summed E-state index contributed by atoms with van der Waals surface area (Å²) in [4.78, 5) is 25.6. The van der Waals surface area contributed by atoms with Crippen molar-refractivity contribution >= 4 is 32.5 Å². The number of sulfone groups is 1. The molecule has 2 aromatic carbocycles. The summed E-state index contributed by atoms with van der Waals surface area (Å²) in [6.45, 7) is 0. The first-order valence-corrected chi connectivity index (χ1v) is 12.2. The smallest absolute Gasteiger partial charge is 0.328 e. The highest BCUT2D eigenvalue weighted by Crippen LogP contribution is 2.35. The van der Waals surface area contributed by atoms with Gasteiger partial charge in [-0.25, -0.2) is 13.2 Å². The first kappa shape index (κ1) is 22.1. The van der Waals surface area contributed by atoms with Gasteiger partial charge in [-0.2, -0.15) is 0 Å². The van der Waals surface area contributed by atoms with Gasteiger partial charge < -0.3 is 10.1 Å². The number of ether oxygens (including phenoxy) is 1. The third-order valence-corrected chi connectivity index (χ3v) is 8.57. The molecule has 1 aliphatic carbocycles. The number of aryl methyl sites for hydroxylation is 2. The summed E-state index contributed by atoms with van der Waals surface area (Å²) >= 11 is 0. The number of benzene rings is 2. The van der Waals surface area contributed by atoms with Crippen LogP contribution in [0.4, 0.5) is 5.69 Å². The average molecular weight is 458 g/mol. The predicted molar refractivity (Wildman–Crippen MR) is 123 cm³/mol. The van der Waals surface area contributed by atoms with Crippen LogP contribution >= 0.6 is 0 Å². The maximum absolute atomic E-state index is 13.6. The van der Waals surface area contributed by atoms with E-state index in [1.165, 1.54) is 22.3 Å². The van der Waals surface area contributed by atoms with Crippen molar-refractivity contribution in [3.05, 3.63) is 52.4 Å². The first-order valence-electron chi connectivity index (χ1n) is 10.6. The van der Waals surface area contributed by atoms with Crippen LogP contribution in [0.25, 0.3) is 11.0 Å². The molecule has 1 fully saturated rings. The zero-order valence-electron chi connectivity index (χ0n) is 18.4. The summed E-state index contributed by atoms with van der Waals surface area (Å²) in [6, 6.07) is 9.82. The standard InChI is InChI=1S/C23H27N3O5S/c1-25-18-13-17(24-22(27)16-11-7-8-12-20(16)31-3)21(14-19(18)26(2)23(25)28)32(29,30)15-9-5-4-6-10-15/h7-8,11-15H,4-6,9-10H2,1-3H3,(H,24,27). The highest BCUT2D eigenvalue weighted by Gasteiger charge is 2.32. The average Bonchev–Trinajstić information content (AvgIpc) is 3.02. The van der Waals surface area contributed by atoms with E-state index in [2.05, 4.69) is 5.32 Å². The number of nitrogens with zero attached hydrogens (tertiary/aromatic N) is 2. The van der Waals surface area contributed by atoms with E-state index in [0.29, 0.717) is 29.6 Å². The second-order valence-electron chi connectivity index (χ2n) is 8.20. The molecular weight excluding hydrogens is 430 g/mol. The van der Waals surface area contributed by atoms with E-state index in [0.717, 1.165) is 19.3 Å². The molecule has 0 radical (unpaired) electrons. The van der Waals surface area contributed by atoms with E-state index in [9.17, 15) is 18.0 Å². The molecule has 0 atom stereocenters. The van der Waals surface area contributed by atoms with Crippen LogP contribution in [-0.2, 0) is 23.9 Å². The molecule has 1 amide bonds. The minimum absolute atomic E-state index is 0.0429. The fourth-order valence-electron chi connectivity index (χ4n) is 4.44. The molecule has 1 N–H and O–H groups in total. The molecular formula is C23H27N3O5S. The molecule has 0 spiro atoms. The van der Waals surface area contributed by atoms with Gasteiger partial charge in [0.1, 0.15) is 5.75 Å². The summed E-state index contributed by atoms with van der Waals surface area (Å²) in [7, 11) is 0.973. The Labute approximate surface area is 186 Å². The van der Waals surface area contributed by atoms with Crippen LogP contribution in [0.5, 0.6) is 5.75 Å². The minimum Gasteiger partial charge on any atom is -0.496 e. The van der Waals surface area contributed by atoms with Crippen LogP contribution in [0, 0.1) is 0 Å². The summed E-state index contributed by atoms with van der Waals surface area (Å²) in [5.41, 5.74) is 1.23. The van der Waals surface area contributed by atoms with Gasteiger partial charge in [0.05, 0.1) is 39.5 Å². The number of hydrogen-bond acceptors (Lipinski definition) is 5. The van der Waals surface area contributed by atoms with Gasteiger partial charge >= 0.3 is 5.69 Å². The molecule has 4 rings (SSSR count). The van der Waals surface area contributed by atoms with E-state index in [1.54, 1.807) is 44.4 Å². The number of amides is 1. The molecule has 9 heteroatoms. The van der Waals surface area contributed by atoms with Crippen LogP contribution in [0.1, 0.15) is 42.5 Å². The molecule has 32 heavy (non-hydrogen) atoms. The molecule has 1 aromatic heterocycles. The first-order chi connectivity index (χ1) is 15.3. The number of methoxy groups -OCH3 is 1. The third-order valence-electron chi connectivity index (χ3n) is 6.27. The number of hydrogen-bond donors (Lipinski definition) is 1. The van der Waals surface area contributed by atoms with Crippen molar-refractivity contribution in [1.82, 2.24) is 9.13 Å². The molecule has 0 bridgehead atoms. The molecule has 0 saturated heterocycles. The zero-order chi connectivity index (χ0) is 23.0. The van der Waals surface area contributed by atoms with Crippen molar-refractivity contribution in [2.24, 2.45) is 14.1 Å². The lowest BCUT2D eigenvalue weighted by molar-refractivity contribution is 0.102. The van der Waals surface area contributed by atoms with Crippen LogP contribution in [0.15, 0.2) is 46.1 Å². The number of aromatic nitrogens is 2. The normalized spacial score (nSPS) is 15.1. The quantitative estimate of drug-likeness (QED) is 0.634. The van der Waals surface area contributed by atoms with E-state index >= 15 is 0 Å². The van der Waals surface area contributed by atoms with Gasteiger partial charge in [0.25, 0.3) is 5.91 Å². The van der Waals surface area contributed by atoms with E-state index in [4.69, 9.17) is 4.74 Å². The number of anilines is 1. The Morgan fingerprint density at radius 2 is 1.66 bits per heavy atom. The second kappa shape index (κ2) is 8.46. The second-order valence-corrected chi connectivity index (χ2v) is 10.4. The Morgan fingerprint density at radius 3 is 2.31 bits per heavy atom. The largest absolute Gasteiger partial charge is 0.496 e. The summed E-state index contributed by atoms with van der Waals surface area (Å²) in [5.74, 6) is -0.0993. The fraction of sp³-hybridized carbons (Fsp3) is 0.391. The van der Waals surface area contributed by atoms with Crippen LogP contribution in [-0.4, -0.2) is 35.8 Å². The van der Waals surface area contributed by atoms with Gasteiger partial charge in [-0.1, -0.05) is 31.4 Å². The molecule has 0 aliphatic heterocycles. The molecule has 8 nitrogen and oxygen atoms in total. The number of rotatable bonds is 5. The molecule has 1 aliphatic rings. The maximum Gasteiger partial charge on any atom is 0.328 e. The van der Waals surface area contributed by atoms with Crippen LogP contribution in [0.2, 0.25) is 0 Å². The van der Waals surface area contributed by atoms with Crippen LogP contribution < -0.4 is 15.7 Å². The van der Waals surface area contributed by atoms with Crippen molar-refractivity contribution in [3.63, 3.8) is 0 Å². The van der Waals surface area contributed by atoms with Gasteiger partial charge in [0.15, 0.2) is 9.84 Å². The number of carbonyl (C=O) groups excluding carboxylic acids is 1. The number of carbonyl (C=O) groups is 1. The van der Waals surface area contributed by atoms with Crippen molar-refractivity contribution in [2.45, 2.75) is 42.2 Å². The van der Waals surface area contributed by atoms with E-state index < -0.39 is 21.0 Å². The molecule has 3 aromatic rings. The lowest BCUT2D eigenvalue weighted by Crippen LogP contribution is -2.26. The lowest BCUT2D eigenvalue weighted by Gasteiger charge is -2.23. The monoisotopic (exact) mass is 457 g/mol. The Bertz CT molecular complexity index is 1350. The van der Waals surface area contributed by atoms with Crippen molar-refractivity contribution in [3.8, 4) is 5.75 Å². The van der Waals surface area contributed by atoms with E-state index in [-0.39, 0.29) is 21.8 Å². The van der Waals surface area contributed by atoms with Gasteiger partial charge in [-0.05, 0) is 37.1 Å². The third kappa shape index (κ3) is 3.70. The fourth-order valence-corrected chi connectivity index (χ4v) is 6.44. The molecule has 170 valence electrons. The Kier molecular flexibility index (Phi) is 5.85. The number of imidazole rings is 1. The minimum atomic E-state index is -3.72. The number of para-hydroxylation sites is 1. The summed E-state index contributed by atoms with van der Waals surface area (Å²) in [6.07, 6.45) is 3.93. The zero-order valence-corrected chi connectivity index (χ0v) is 19.2. The van der Waals surface area contributed by atoms with Gasteiger partial charge in [0, 0.05) is 14.1 Å². The molecule has 1 heterocycles.